The molecular weight excluding hydrogens is 310 g/mol. The Balaban J connectivity index is 1.53. The minimum Gasteiger partial charge on any atom is -0.297 e. The molecule has 2 aliphatic heterocycles. The van der Waals surface area contributed by atoms with Crippen LogP contribution in [0.1, 0.15) is 37.7 Å². The van der Waals surface area contributed by atoms with Crippen molar-refractivity contribution < 1.29 is 8.42 Å². The van der Waals surface area contributed by atoms with Crippen molar-refractivity contribution in [2.24, 2.45) is 0 Å². The first-order chi connectivity index (χ1) is 11.0. The lowest BCUT2D eigenvalue weighted by Gasteiger charge is -2.38. The normalized spacial score (nSPS) is 25.0. The summed E-state index contributed by atoms with van der Waals surface area (Å²) >= 11 is 0. The number of aryl methyl sites for hydroxylation is 1. The van der Waals surface area contributed by atoms with Crippen molar-refractivity contribution in [2.45, 2.75) is 50.6 Å². The summed E-state index contributed by atoms with van der Waals surface area (Å²) in [4.78, 5) is 6.73. The highest BCUT2D eigenvalue weighted by Gasteiger charge is 2.34. The third-order valence-corrected chi connectivity index (χ3v) is 6.60. The fraction of sp³-hybridized carbons (Fsp3) is 0.706. The van der Waals surface area contributed by atoms with Gasteiger partial charge in [-0.3, -0.25) is 9.88 Å². The van der Waals surface area contributed by atoms with E-state index < -0.39 is 10.0 Å². The van der Waals surface area contributed by atoms with E-state index in [1.54, 1.807) is 4.31 Å². The maximum absolute atomic E-state index is 11.6. The van der Waals surface area contributed by atoms with Gasteiger partial charge in [0.15, 0.2) is 0 Å². The zero-order valence-electron chi connectivity index (χ0n) is 13.9. The number of hydrogen-bond donors (Lipinski definition) is 0. The molecule has 3 heterocycles. The molecule has 0 N–H and O–H groups in total. The van der Waals surface area contributed by atoms with Gasteiger partial charge in [0.25, 0.3) is 0 Å². The van der Waals surface area contributed by atoms with Crippen LogP contribution in [0.15, 0.2) is 24.5 Å². The Morgan fingerprint density at radius 1 is 1.13 bits per heavy atom. The van der Waals surface area contributed by atoms with E-state index in [0.29, 0.717) is 25.2 Å². The molecule has 5 nitrogen and oxygen atoms in total. The van der Waals surface area contributed by atoms with Gasteiger partial charge < -0.3 is 0 Å². The van der Waals surface area contributed by atoms with Gasteiger partial charge >= 0.3 is 0 Å². The van der Waals surface area contributed by atoms with Crippen molar-refractivity contribution in [1.29, 1.82) is 0 Å². The van der Waals surface area contributed by atoms with Gasteiger partial charge in [-0.2, -0.15) is 0 Å². The monoisotopic (exact) mass is 337 g/mol. The second-order valence-corrected chi connectivity index (χ2v) is 8.80. The van der Waals surface area contributed by atoms with E-state index in [-0.39, 0.29) is 0 Å². The Morgan fingerprint density at radius 3 is 2.48 bits per heavy atom. The van der Waals surface area contributed by atoms with E-state index in [9.17, 15) is 8.42 Å². The Kier molecular flexibility index (Phi) is 5.34. The molecule has 1 aromatic rings. The van der Waals surface area contributed by atoms with E-state index in [1.165, 1.54) is 37.6 Å². The topological polar surface area (TPSA) is 53.5 Å². The summed E-state index contributed by atoms with van der Waals surface area (Å²) in [6, 6.07) is 5.41. The van der Waals surface area contributed by atoms with E-state index in [1.807, 2.05) is 12.4 Å². The molecule has 0 bridgehead atoms. The lowest BCUT2D eigenvalue weighted by molar-refractivity contribution is 0.123. The van der Waals surface area contributed by atoms with Crippen molar-refractivity contribution in [1.82, 2.24) is 14.2 Å². The maximum atomic E-state index is 11.6. The third kappa shape index (κ3) is 4.31. The van der Waals surface area contributed by atoms with Crippen LogP contribution in [0.2, 0.25) is 0 Å². The van der Waals surface area contributed by atoms with Crippen LogP contribution < -0.4 is 0 Å². The minimum atomic E-state index is -3.02. The molecule has 0 amide bonds. The number of rotatable bonds is 5. The zero-order valence-corrected chi connectivity index (χ0v) is 14.7. The Morgan fingerprint density at radius 2 is 1.83 bits per heavy atom. The van der Waals surface area contributed by atoms with E-state index in [0.717, 1.165) is 19.3 Å². The molecule has 2 fully saturated rings. The van der Waals surface area contributed by atoms with Crippen LogP contribution >= 0.6 is 0 Å². The molecule has 23 heavy (non-hydrogen) atoms. The lowest BCUT2D eigenvalue weighted by atomic mass is 10.00. The van der Waals surface area contributed by atoms with Crippen LogP contribution in [-0.4, -0.2) is 60.6 Å². The van der Waals surface area contributed by atoms with Crippen molar-refractivity contribution in [3.63, 3.8) is 0 Å². The predicted octanol–water partition coefficient (Wildman–Crippen LogP) is 1.90. The number of likely N-dealkylation sites (tertiary alicyclic amines) is 1. The highest BCUT2D eigenvalue weighted by molar-refractivity contribution is 7.88. The van der Waals surface area contributed by atoms with Gasteiger partial charge in [-0.25, -0.2) is 12.7 Å². The summed E-state index contributed by atoms with van der Waals surface area (Å²) in [5, 5.41) is 0. The zero-order chi connectivity index (χ0) is 16.3. The molecule has 6 heteroatoms. The van der Waals surface area contributed by atoms with E-state index >= 15 is 0 Å². The number of aromatic nitrogens is 1. The Labute approximate surface area is 139 Å². The Bertz CT molecular complexity index is 598. The quantitative estimate of drug-likeness (QED) is 0.823. The fourth-order valence-corrected chi connectivity index (χ4v) is 4.91. The molecule has 1 unspecified atom stereocenters. The fourth-order valence-electron chi connectivity index (χ4n) is 4.04. The number of pyridine rings is 1. The third-order valence-electron chi connectivity index (χ3n) is 5.30. The SMILES string of the molecule is CS(=O)(=O)N1CCC(N2CCCC2CCc2ccncc2)CC1. The summed E-state index contributed by atoms with van der Waals surface area (Å²) < 4.78 is 24.9. The average molecular weight is 337 g/mol. The summed E-state index contributed by atoms with van der Waals surface area (Å²) in [6.07, 6.45) is 11.8. The van der Waals surface area contributed by atoms with Gasteiger partial charge in [0.05, 0.1) is 6.26 Å². The molecule has 1 aromatic heterocycles. The smallest absolute Gasteiger partial charge is 0.211 e. The average Bonchev–Trinajstić information content (AvgIpc) is 3.02. The largest absolute Gasteiger partial charge is 0.297 e. The number of nitrogens with zero attached hydrogens (tertiary/aromatic N) is 3. The van der Waals surface area contributed by atoms with Crippen LogP contribution in [0.5, 0.6) is 0 Å². The molecule has 1 atom stereocenters. The highest BCUT2D eigenvalue weighted by atomic mass is 32.2. The number of piperidine rings is 1. The van der Waals surface area contributed by atoms with Gasteiger partial charge in [-0.15, -0.1) is 0 Å². The van der Waals surface area contributed by atoms with Crippen molar-refractivity contribution in [2.75, 3.05) is 25.9 Å². The number of sulfonamides is 1. The van der Waals surface area contributed by atoms with Crippen LogP contribution in [0, 0.1) is 0 Å². The molecule has 0 aliphatic carbocycles. The molecule has 0 saturated carbocycles. The number of hydrogen-bond acceptors (Lipinski definition) is 4. The molecule has 0 spiro atoms. The lowest BCUT2D eigenvalue weighted by Crippen LogP contribution is -2.48. The van der Waals surface area contributed by atoms with Crippen LogP contribution in [-0.2, 0) is 16.4 Å². The predicted molar refractivity (Wildman–Crippen MR) is 91.7 cm³/mol. The molecule has 2 aliphatic rings. The standard InChI is InChI=1S/C17H27N3O2S/c1-23(21,22)19-13-8-17(9-14-19)20-12-2-3-16(20)5-4-15-6-10-18-11-7-15/h6-7,10-11,16-17H,2-5,8-9,12-14H2,1H3. The first-order valence-electron chi connectivity index (χ1n) is 8.64. The molecular formula is C17H27N3O2S. The second-order valence-electron chi connectivity index (χ2n) is 6.82. The van der Waals surface area contributed by atoms with E-state index in [4.69, 9.17) is 0 Å². The molecule has 2 saturated heterocycles. The molecule has 0 aromatic carbocycles. The summed E-state index contributed by atoms with van der Waals surface area (Å²) in [6.45, 7) is 2.53. The van der Waals surface area contributed by atoms with E-state index in [2.05, 4.69) is 22.0 Å². The van der Waals surface area contributed by atoms with Gasteiger partial charge in [-0.1, -0.05) is 0 Å². The van der Waals surface area contributed by atoms with Crippen LogP contribution in [0.4, 0.5) is 0 Å². The maximum Gasteiger partial charge on any atom is 0.211 e. The summed E-state index contributed by atoms with van der Waals surface area (Å²) in [5.41, 5.74) is 1.36. The molecule has 0 radical (unpaired) electrons. The summed E-state index contributed by atoms with van der Waals surface area (Å²) in [5.74, 6) is 0. The van der Waals surface area contributed by atoms with Gasteiger partial charge in [0.1, 0.15) is 0 Å². The highest BCUT2D eigenvalue weighted by Crippen LogP contribution is 2.29. The van der Waals surface area contributed by atoms with Crippen molar-refractivity contribution >= 4 is 10.0 Å². The first-order valence-corrected chi connectivity index (χ1v) is 10.5. The minimum absolute atomic E-state index is 0.554. The summed E-state index contributed by atoms with van der Waals surface area (Å²) in [7, 11) is -3.02. The molecule has 128 valence electrons. The Hall–Kier alpha value is -0.980. The van der Waals surface area contributed by atoms with Crippen LogP contribution in [0.25, 0.3) is 0 Å². The molecule has 3 rings (SSSR count). The van der Waals surface area contributed by atoms with Gasteiger partial charge in [0.2, 0.25) is 10.0 Å². The first kappa shape index (κ1) is 16.9. The second kappa shape index (κ2) is 7.28. The van der Waals surface area contributed by atoms with Gasteiger partial charge in [0, 0.05) is 37.6 Å². The van der Waals surface area contributed by atoms with Gasteiger partial charge in [-0.05, 0) is 62.8 Å². The van der Waals surface area contributed by atoms with Crippen LogP contribution in [0.3, 0.4) is 0 Å². The van der Waals surface area contributed by atoms with Crippen molar-refractivity contribution in [3.05, 3.63) is 30.1 Å². The van der Waals surface area contributed by atoms with Crippen molar-refractivity contribution in [3.8, 4) is 0 Å².